The van der Waals surface area contributed by atoms with E-state index < -0.39 is 0 Å². The van der Waals surface area contributed by atoms with E-state index in [0.717, 1.165) is 22.5 Å². The predicted molar refractivity (Wildman–Crippen MR) is 110 cm³/mol. The number of anilines is 3. The standard InChI is InChI=1S/C21H17N5O3/c22-19-18-14(9-23-20(18)25-10-24-19)6-12-2-1-3-15(7-12)26-21(27)13-4-5-16-17(8-13)29-11-28-16/h1-8,10H,9,11H2,(H,26,27)(H3,22,23,24,25). The molecule has 3 aromatic rings. The van der Waals surface area contributed by atoms with Crippen LogP contribution in [0, 0.1) is 0 Å². The number of nitrogens with one attached hydrogen (secondary N) is 2. The zero-order valence-corrected chi connectivity index (χ0v) is 15.3. The largest absolute Gasteiger partial charge is 0.454 e. The molecule has 1 aromatic heterocycles. The normalized spacial score (nSPS) is 15.1. The number of ether oxygens (including phenoxy) is 2. The van der Waals surface area contributed by atoms with Gasteiger partial charge in [-0.05, 0) is 47.5 Å². The van der Waals surface area contributed by atoms with Gasteiger partial charge >= 0.3 is 0 Å². The Kier molecular flexibility index (Phi) is 4.02. The number of amides is 1. The van der Waals surface area contributed by atoms with Gasteiger partial charge in [0.25, 0.3) is 5.91 Å². The number of fused-ring (bicyclic) bond motifs is 2. The van der Waals surface area contributed by atoms with E-state index in [2.05, 4.69) is 20.6 Å². The quantitative estimate of drug-likeness (QED) is 0.633. The van der Waals surface area contributed by atoms with Crippen LogP contribution in [-0.2, 0) is 0 Å². The van der Waals surface area contributed by atoms with E-state index in [1.807, 2.05) is 30.3 Å². The molecule has 8 heteroatoms. The van der Waals surface area contributed by atoms with Crippen LogP contribution in [0.3, 0.4) is 0 Å². The molecule has 4 N–H and O–H groups in total. The molecule has 144 valence electrons. The van der Waals surface area contributed by atoms with Gasteiger partial charge in [-0.15, -0.1) is 0 Å². The van der Waals surface area contributed by atoms with Crippen LogP contribution in [0.4, 0.5) is 17.3 Å². The third kappa shape index (κ3) is 3.20. The summed E-state index contributed by atoms with van der Waals surface area (Å²) in [7, 11) is 0. The summed E-state index contributed by atoms with van der Waals surface area (Å²) in [6, 6.07) is 12.7. The second kappa shape index (κ2) is 6.83. The Balaban J connectivity index is 1.38. The summed E-state index contributed by atoms with van der Waals surface area (Å²) in [5.74, 6) is 2.17. The van der Waals surface area contributed by atoms with Crippen molar-refractivity contribution in [2.75, 3.05) is 29.7 Å². The number of rotatable bonds is 3. The molecule has 0 radical (unpaired) electrons. The third-order valence-electron chi connectivity index (χ3n) is 4.76. The summed E-state index contributed by atoms with van der Waals surface area (Å²) in [6.07, 6.45) is 3.45. The van der Waals surface area contributed by atoms with Crippen LogP contribution in [0.15, 0.2) is 48.8 Å². The lowest BCUT2D eigenvalue weighted by molar-refractivity contribution is 0.102. The number of nitrogens with two attached hydrogens (primary N) is 1. The molecular formula is C21H17N5O3. The van der Waals surface area contributed by atoms with Gasteiger partial charge in [-0.25, -0.2) is 9.97 Å². The average Bonchev–Trinajstić information content (AvgIpc) is 3.35. The second-order valence-corrected chi connectivity index (χ2v) is 6.65. The molecule has 0 unspecified atom stereocenters. The molecule has 3 heterocycles. The van der Waals surface area contributed by atoms with Gasteiger partial charge in [0.1, 0.15) is 18.0 Å². The fraction of sp³-hybridized carbons (Fsp3) is 0.0952. The van der Waals surface area contributed by atoms with Crippen LogP contribution in [-0.4, -0.2) is 29.2 Å². The van der Waals surface area contributed by atoms with Gasteiger partial charge in [0, 0.05) is 17.8 Å². The van der Waals surface area contributed by atoms with Crippen molar-refractivity contribution in [1.29, 1.82) is 0 Å². The molecule has 0 saturated carbocycles. The predicted octanol–water partition coefficient (Wildman–Crippen LogP) is 3.01. The summed E-state index contributed by atoms with van der Waals surface area (Å²) in [5.41, 5.74) is 9.94. The molecule has 2 aliphatic heterocycles. The monoisotopic (exact) mass is 387 g/mol. The van der Waals surface area contributed by atoms with E-state index in [-0.39, 0.29) is 12.7 Å². The zero-order valence-electron chi connectivity index (χ0n) is 15.3. The Morgan fingerprint density at radius 2 is 2.03 bits per heavy atom. The second-order valence-electron chi connectivity index (χ2n) is 6.65. The highest BCUT2D eigenvalue weighted by molar-refractivity contribution is 6.05. The van der Waals surface area contributed by atoms with Gasteiger partial charge in [0.2, 0.25) is 6.79 Å². The number of aromatic nitrogens is 2. The summed E-state index contributed by atoms with van der Waals surface area (Å²) in [4.78, 5) is 20.9. The summed E-state index contributed by atoms with van der Waals surface area (Å²) < 4.78 is 10.6. The molecule has 0 spiro atoms. The van der Waals surface area contributed by atoms with Crippen LogP contribution >= 0.6 is 0 Å². The Labute approximate surface area is 166 Å². The van der Waals surface area contributed by atoms with Crippen molar-refractivity contribution in [3.63, 3.8) is 0 Å². The molecule has 0 saturated heterocycles. The smallest absolute Gasteiger partial charge is 0.255 e. The zero-order chi connectivity index (χ0) is 19.8. The Morgan fingerprint density at radius 3 is 2.97 bits per heavy atom. The van der Waals surface area contributed by atoms with Crippen molar-refractivity contribution in [1.82, 2.24) is 9.97 Å². The molecule has 5 rings (SSSR count). The van der Waals surface area contributed by atoms with Crippen LogP contribution in [0.25, 0.3) is 11.6 Å². The van der Waals surface area contributed by atoms with Gasteiger partial charge in [0.05, 0.1) is 5.56 Å². The molecule has 2 aliphatic rings. The highest BCUT2D eigenvalue weighted by Crippen LogP contribution is 2.34. The van der Waals surface area contributed by atoms with Crippen molar-refractivity contribution in [2.24, 2.45) is 0 Å². The Morgan fingerprint density at radius 1 is 1.14 bits per heavy atom. The van der Waals surface area contributed by atoms with Crippen molar-refractivity contribution in [3.8, 4) is 11.5 Å². The Bertz CT molecular complexity index is 1160. The topological polar surface area (TPSA) is 111 Å². The fourth-order valence-corrected chi connectivity index (χ4v) is 3.39. The summed E-state index contributed by atoms with van der Waals surface area (Å²) in [6.45, 7) is 0.788. The third-order valence-corrected chi connectivity index (χ3v) is 4.76. The summed E-state index contributed by atoms with van der Waals surface area (Å²) >= 11 is 0. The van der Waals surface area contributed by atoms with Crippen LogP contribution in [0.2, 0.25) is 0 Å². The molecule has 1 amide bonds. The van der Waals surface area contributed by atoms with Gasteiger partial charge in [0.15, 0.2) is 11.5 Å². The van der Waals surface area contributed by atoms with Crippen molar-refractivity contribution in [2.45, 2.75) is 0 Å². The number of hydrogen-bond donors (Lipinski definition) is 3. The highest BCUT2D eigenvalue weighted by atomic mass is 16.7. The molecular weight excluding hydrogens is 370 g/mol. The number of carbonyl (C=O) groups excluding carboxylic acids is 1. The number of nitrogen functional groups attached to an aromatic ring is 1. The minimum Gasteiger partial charge on any atom is -0.454 e. The van der Waals surface area contributed by atoms with Crippen molar-refractivity contribution >= 4 is 34.9 Å². The molecule has 29 heavy (non-hydrogen) atoms. The fourth-order valence-electron chi connectivity index (χ4n) is 3.39. The van der Waals surface area contributed by atoms with Gasteiger partial charge in [-0.2, -0.15) is 0 Å². The summed E-state index contributed by atoms with van der Waals surface area (Å²) in [5, 5.41) is 6.12. The highest BCUT2D eigenvalue weighted by Gasteiger charge is 2.20. The van der Waals surface area contributed by atoms with Gasteiger partial charge in [-0.1, -0.05) is 12.1 Å². The van der Waals surface area contributed by atoms with Crippen LogP contribution in [0.5, 0.6) is 11.5 Å². The maximum absolute atomic E-state index is 12.6. The first-order valence-corrected chi connectivity index (χ1v) is 9.04. The lowest BCUT2D eigenvalue weighted by Crippen LogP contribution is -2.11. The number of hydrogen-bond acceptors (Lipinski definition) is 7. The lowest BCUT2D eigenvalue weighted by Gasteiger charge is -2.08. The van der Waals surface area contributed by atoms with E-state index in [1.54, 1.807) is 18.2 Å². The maximum atomic E-state index is 12.6. The molecule has 8 nitrogen and oxygen atoms in total. The SMILES string of the molecule is Nc1ncnc2c1C(=Cc1cccc(NC(=O)c3ccc4c(c3)OCO4)c1)CN2. The lowest BCUT2D eigenvalue weighted by atomic mass is 10.1. The first-order chi connectivity index (χ1) is 14.2. The average molecular weight is 387 g/mol. The van der Waals surface area contributed by atoms with Gasteiger partial charge < -0.3 is 25.8 Å². The molecule has 0 bridgehead atoms. The molecule has 0 fully saturated rings. The Hall–Kier alpha value is -4.07. The number of carbonyl (C=O) groups is 1. The minimum atomic E-state index is -0.223. The first-order valence-electron chi connectivity index (χ1n) is 9.04. The molecule has 0 atom stereocenters. The van der Waals surface area contributed by atoms with E-state index in [1.165, 1.54) is 6.33 Å². The van der Waals surface area contributed by atoms with Crippen LogP contribution in [0.1, 0.15) is 21.5 Å². The molecule has 0 aliphatic carbocycles. The van der Waals surface area contributed by atoms with E-state index in [9.17, 15) is 4.79 Å². The maximum Gasteiger partial charge on any atom is 0.255 e. The van der Waals surface area contributed by atoms with E-state index >= 15 is 0 Å². The van der Waals surface area contributed by atoms with Crippen LogP contribution < -0.4 is 25.8 Å². The van der Waals surface area contributed by atoms with Crippen molar-refractivity contribution in [3.05, 3.63) is 65.5 Å². The number of nitrogens with zero attached hydrogens (tertiary/aromatic N) is 2. The van der Waals surface area contributed by atoms with Gasteiger partial charge in [-0.3, -0.25) is 4.79 Å². The first kappa shape index (κ1) is 17.1. The van der Waals surface area contributed by atoms with E-state index in [0.29, 0.717) is 35.1 Å². The minimum absolute atomic E-state index is 0.171. The van der Waals surface area contributed by atoms with E-state index in [4.69, 9.17) is 15.2 Å². The molecule has 2 aromatic carbocycles. The van der Waals surface area contributed by atoms with Crippen molar-refractivity contribution < 1.29 is 14.3 Å². The number of benzene rings is 2.